The minimum Gasteiger partial charge on any atom is -0.351 e. The van der Waals surface area contributed by atoms with E-state index < -0.39 is 0 Å². The molecule has 0 amide bonds. The molecule has 102 valence electrons. The van der Waals surface area contributed by atoms with Crippen molar-refractivity contribution in [2.75, 3.05) is 7.05 Å². The maximum Gasteiger partial charge on any atom is 0.0300 e. The predicted octanol–water partition coefficient (Wildman–Crippen LogP) is 3.40. The summed E-state index contributed by atoms with van der Waals surface area (Å²) in [6.07, 6.45) is 8.19. The van der Waals surface area contributed by atoms with E-state index >= 15 is 0 Å². The zero-order valence-corrected chi connectivity index (χ0v) is 12.3. The highest BCUT2D eigenvalue weighted by Gasteiger charge is 2.06. The summed E-state index contributed by atoms with van der Waals surface area (Å²) in [6.45, 7) is 8.45. The van der Waals surface area contributed by atoms with Crippen molar-refractivity contribution in [1.29, 1.82) is 0 Å². The number of aryl methyl sites for hydroxylation is 1. The molecule has 0 aliphatic carbocycles. The summed E-state index contributed by atoms with van der Waals surface area (Å²) in [5, 5.41) is 0. The fraction of sp³-hybridized carbons (Fsp3) is 0.438. The van der Waals surface area contributed by atoms with E-state index in [1.165, 1.54) is 16.7 Å². The number of hydrogen-bond acceptors (Lipinski definition) is 2. The van der Waals surface area contributed by atoms with Crippen molar-refractivity contribution in [2.45, 2.75) is 39.9 Å². The van der Waals surface area contributed by atoms with Crippen molar-refractivity contribution >= 4 is 0 Å². The molecule has 0 atom stereocenters. The molecule has 3 nitrogen and oxygen atoms in total. The summed E-state index contributed by atoms with van der Waals surface area (Å²) in [5.74, 6) is 0. The lowest BCUT2D eigenvalue weighted by molar-refractivity contribution is 0.318. The number of hydrogen-bond donors (Lipinski definition) is 0. The zero-order valence-electron chi connectivity index (χ0n) is 12.3. The van der Waals surface area contributed by atoms with Gasteiger partial charge < -0.3 is 4.57 Å². The summed E-state index contributed by atoms with van der Waals surface area (Å²) in [5.41, 5.74) is 3.97. The monoisotopic (exact) mass is 257 g/mol. The second-order valence-electron chi connectivity index (χ2n) is 5.54. The third-order valence-corrected chi connectivity index (χ3v) is 3.40. The first kappa shape index (κ1) is 13.8. The maximum absolute atomic E-state index is 4.14. The van der Waals surface area contributed by atoms with Gasteiger partial charge in [-0.3, -0.25) is 9.88 Å². The van der Waals surface area contributed by atoms with Gasteiger partial charge in [-0.1, -0.05) is 0 Å². The largest absolute Gasteiger partial charge is 0.351 e. The van der Waals surface area contributed by atoms with E-state index in [0.717, 1.165) is 13.1 Å². The van der Waals surface area contributed by atoms with Crippen molar-refractivity contribution in [3.63, 3.8) is 0 Å². The first-order valence-corrected chi connectivity index (χ1v) is 6.80. The van der Waals surface area contributed by atoms with Gasteiger partial charge in [-0.2, -0.15) is 0 Å². The normalized spacial score (nSPS) is 11.5. The van der Waals surface area contributed by atoms with Crippen molar-refractivity contribution in [2.24, 2.45) is 0 Å². The van der Waals surface area contributed by atoms with Gasteiger partial charge in [0.25, 0.3) is 0 Å². The van der Waals surface area contributed by atoms with Gasteiger partial charge in [0.2, 0.25) is 0 Å². The molecule has 2 aromatic rings. The Labute approximate surface area is 115 Å². The third kappa shape index (κ3) is 3.67. The number of pyridine rings is 1. The van der Waals surface area contributed by atoms with Crippen LogP contribution in [0.15, 0.2) is 36.9 Å². The highest BCUT2D eigenvalue weighted by atomic mass is 15.1. The van der Waals surface area contributed by atoms with Gasteiger partial charge in [-0.15, -0.1) is 0 Å². The third-order valence-electron chi connectivity index (χ3n) is 3.40. The van der Waals surface area contributed by atoms with Gasteiger partial charge in [0.05, 0.1) is 0 Å². The second kappa shape index (κ2) is 6.02. The number of aromatic nitrogens is 2. The Kier molecular flexibility index (Phi) is 4.38. The van der Waals surface area contributed by atoms with E-state index in [2.05, 4.69) is 66.8 Å². The fourth-order valence-corrected chi connectivity index (χ4v) is 2.21. The lowest BCUT2D eigenvalue weighted by Gasteiger charge is -2.17. The molecule has 0 saturated heterocycles. The smallest absolute Gasteiger partial charge is 0.0300 e. The molecule has 19 heavy (non-hydrogen) atoms. The van der Waals surface area contributed by atoms with Crippen molar-refractivity contribution < 1.29 is 0 Å². The van der Waals surface area contributed by atoms with Crippen LogP contribution < -0.4 is 0 Å². The quantitative estimate of drug-likeness (QED) is 0.818. The molecule has 0 radical (unpaired) electrons. The highest BCUT2D eigenvalue weighted by molar-refractivity contribution is 5.21. The summed E-state index contributed by atoms with van der Waals surface area (Å²) in [6, 6.07) is 4.84. The summed E-state index contributed by atoms with van der Waals surface area (Å²) < 4.78 is 2.25. The van der Waals surface area contributed by atoms with E-state index in [1.807, 2.05) is 12.4 Å². The average Bonchev–Trinajstić information content (AvgIpc) is 2.80. The first-order valence-electron chi connectivity index (χ1n) is 6.80. The van der Waals surface area contributed by atoms with Crippen LogP contribution in [0.1, 0.15) is 36.6 Å². The average molecular weight is 257 g/mol. The van der Waals surface area contributed by atoms with Crippen molar-refractivity contribution in [1.82, 2.24) is 14.5 Å². The molecule has 2 rings (SSSR count). The summed E-state index contributed by atoms with van der Waals surface area (Å²) in [7, 11) is 2.16. The van der Waals surface area contributed by atoms with E-state index in [9.17, 15) is 0 Å². The molecule has 2 heterocycles. The van der Waals surface area contributed by atoms with Crippen LogP contribution in [-0.2, 0) is 13.1 Å². The van der Waals surface area contributed by atoms with Crippen LogP contribution in [0, 0.1) is 6.92 Å². The number of nitrogens with zero attached hydrogens (tertiary/aromatic N) is 3. The molecular formula is C16H23N3. The standard InChI is InChI=1S/C16H23N3/c1-13(2)19-8-6-15(11-19)10-18(4)12-16-5-7-17-9-14(16)3/h5-9,11,13H,10,12H2,1-4H3. The van der Waals surface area contributed by atoms with Gasteiger partial charge >= 0.3 is 0 Å². The molecule has 0 N–H and O–H groups in total. The van der Waals surface area contributed by atoms with Gasteiger partial charge in [-0.05, 0) is 56.6 Å². The maximum atomic E-state index is 4.14. The lowest BCUT2D eigenvalue weighted by Crippen LogP contribution is -2.17. The molecule has 0 fully saturated rings. The van der Waals surface area contributed by atoms with Crippen LogP contribution in [-0.4, -0.2) is 21.5 Å². The minimum atomic E-state index is 0.529. The molecule has 0 bridgehead atoms. The van der Waals surface area contributed by atoms with Crippen LogP contribution in [0.3, 0.4) is 0 Å². The lowest BCUT2D eigenvalue weighted by atomic mass is 10.1. The van der Waals surface area contributed by atoms with Crippen LogP contribution in [0.5, 0.6) is 0 Å². The Hall–Kier alpha value is -1.61. The Balaban J connectivity index is 1.97. The Morgan fingerprint density at radius 3 is 2.68 bits per heavy atom. The highest BCUT2D eigenvalue weighted by Crippen LogP contribution is 2.13. The van der Waals surface area contributed by atoms with Crippen molar-refractivity contribution in [3.05, 3.63) is 53.6 Å². The van der Waals surface area contributed by atoms with Crippen LogP contribution in [0.4, 0.5) is 0 Å². The first-order chi connectivity index (χ1) is 9.06. The molecule has 0 aliphatic heterocycles. The fourth-order valence-electron chi connectivity index (χ4n) is 2.21. The predicted molar refractivity (Wildman–Crippen MR) is 79.0 cm³/mol. The van der Waals surface area contributed by atoms with Crippen molar-refractivity contribution in [3.8, 4) is 0 Å². The van der Waals surface area contributed by atoms with Gasteiger partial charge in [-0.25, -0.2) is 0 Å². The number of rotatable bonds is 5. The molecule has 0 aromatic carbocycles. The molecule has 0 saturated carbocycles. The molecule has 0 spiro atoms. The molecule has 2 aromatic heterocycles. The molecule has 0 aliphatic rings. The van der Waals surface area contributed by atoms with Crippen LogP contribution in [0.2, 0.25) is 0 Å². The van der Waals surface area contributed by atoms with Gasteiger partial charge in [0, 0.05) is 43.9 Å². The van der Waals surface area contributed by atoms with Crippen LogP contribution in [0.25, 0.3) is 0 Å². The molecular weight excluding hydrogens is 234 g/mol. The van der Waals surface area contributed by atoms with E-state index in [0.29, 0.717) is 6.04 Å². The Bertz CT molecular complexity index is 528. The minimum absolute atomic E-state index is 0.529. The summed E-state index contributed by atoms with van der Waals surface area (Å²) >= 11 is 0. The second-order valence-corrected chi connectivity index (χ2v) is 5.54. The molecule has 3 heteroatoms. The Morgan fingerprint density at radius 1 is 1.26 bits per heavy atom. The van der Waals surface area contributed by atoms with Gasteiger partial charge in [0.1, 0.15) is 0 Å². The van der Waals surface area contributed by atoms with E-state index in [4.69, 9.17) is 0 Å². The van der Waals surface area contributed by atoms with Crippen LogP contribution >= 0.6 is 0 Å². The SMILES string of the molecule is Cc1cnccc1CN(C)Cc1ccn(C(C)C)c1. The molecule has 0 unspecified atom stereocenters. The van der Waals surface area contributed by atoms with Gasteiger partial charge in [0.15, 0.2) is 0 Å². The Morgan fingerprint density at radius 2 is 2.05 bits per heavy atom. The summed E-state index contributed by atoms with van der Waals surface area (Å²) in [4.78, 5) is 6.47. The zero-order chi connectivity index (χ0) is 13.8. The topological polar surface area (TPSA) is 21.1 Å². The van der Waals surface area contributed by atoms with E-state index in [1.54, 1.807) is 0 Å². The van der Waals surface area contributed by atoms with E-state index in [-0.39, 0.29) is 0 Å².